The second-order valence-electron chi connectivity index (χ2n) is 10.6. The number of rotatable bonds is 7. The molecular formula is C37H31Cl3FN3O9. The zero-order chi connectivity index (χ0) is 38.8. The van der Waals surface area contributed by atoms with Crippen LogP contribution in [-0.2, 0) is 14.2 Å². The Morgan fingerprint density at radius 2 is 1.00 bits per heavy atom. The Labute approximate surface area is 317 Å². The summed E-state index contributed by atoms with van der Waals surface area (Å²) in [7, 11) is 2.53. The number of methoxy groups -OCH3 is 2. The van der Waals surface area contributed by atoms with Gasteiger partial charge in [0, 0.05) is 11.1 Å². The summed E-state index contributed by atoms with van der Waals surface area (Å²) in [5.74, 6) is -1.10. The van der Waals surface area contributed by atoms with E-state index in [1.807, 2.05) is 18.2 Å². The van der Waals surface area contributed by atoms with Gasteiger partial charge in [-0.25, -0.2) is 18.8 Å². The van der Waals surface area contributed by atoms with Crippen molar-refractivity contribution in [2.45, 2.75) is 27.7 Å². The number of carbonyl (C=O) groups excluding carboxylic acids is 3. The Kier molecular flexibility index (Phi) is 13.9. The molecule has 0 saturated heterocycles. The van der Waals surface area contributed by atoms with Gasteiger partial charge in [-0.3, -0.25) is 0 Å². The highest BCUT2D eigenvalue weighted by molar-refractivity contribution is 6.34. The van der Waals surface area contributed by atoms with Crippen LogP contribution in [0, 0.1) is 26.6 Å². The molecule has 53 heavy (non-hydrogen) atoms. The molecule has 0 aliphatic carbocycles. The molecule has 3 aromatic carbocycles. The maximum Gasteiger partial charge on any atom is 0.344 e. The van der Waals surface area contributed by atoms with Crippen LogP contribution in [-0.4, -0.2) is 54.2 Å². The smallest absolute Gasteiger partial charge is 0.344 e. The average molecular weight is 787 g/mol. The van der Waals surface area contributed by atoms with Crippen molar-refractivity contribution in [3.05, 3.63) is 122 Å². The first-order valence-electron chi connectivity index (χ1n) is 15.5. The largest absolute Gasteiger partial charge is 0.465 e. The van der Waals surface area contributed by atoms with E-state index in [4.69, 9.17) is 57.8 Å². The summed E-state index contributed by atoms with van der Waals surface area (Å²) >= 11 is 18.1. The van der Waals surface area contributed by atoms with Crippen molar-refractivity contribution in [2.75, 3.05) is 20.8 Å². The molecule has 276 valence electrons. The van der Waals surface area contributed by atoms with Crippen molar-refractivity contribution < 1.29 is 46.6 Å². The summed E-state index contributed by atoms with van der Waals surface area (Å²) in [5.41, 5.74) is 2.89. The van der Waals surface area contributed by atoms with E-state index in [2.05, 4.69) is 20.2 Å². The minimum Gasteiger partial charge on any atom is -0.465 e. The van der Waals surface area contributed by atoms with E-state index in [1.165, 1.54) is 39.3 Å². The predicted molar refractivity (Wildman–Crippen MR) is 194 cm³/mol. The van der Waals surface area contributed by atoms with Crippen LogP contribution < -0.4 is 0 Å². The van der Waals surface area contributed by atoms with Crippen molar-refractivity contribution in [3.8, 4) is 33.8 Å². The Morgan fingerprint density at radius 3 is 1.42 bits per heavy atom. The third-order valence-corrected chi connectivity index (χ3v) is 8.28. The standard InChI is InChI=1S/C13H12ClNO3.C12H9ClFNO3.C12H10ClNO3/c1-3-17-13(16)11-8(2)18-15-12(11)9-6-4-5-7-10(9)14;1-6-9(12(16)17-2)11(15-18-6)10-7(13)4-3-5-8(10)14;1-7-10(12(15)16-2)11(14-17-7)8-5-3-4-6-9(8)13/h4-7H,3H2,1-2H3;3-5H,1-2H3;3-6H,1-2H3. The molecule has 6 rings (SSSR count). The average Bonchev–Trinajstić information content (AvgIpc) is 3.84. The van der Waals surface area contributed by atoms with Crippen LogP contribution in [0.3, 0.4) is 0 Å². The molecule has 0 saturated carbocycles. The fourth-order valence-corrected chi connectivity index (χ4v) is 5.52. The molecule has 6 aromatic rings. The first-order valence-corrected chi connectivity index (χ1v) is 16.7. The van der Waals surface area contributed by atoms with Gasteiger partial charge in [-0.2, -0.15) is 0 Å². The van der Waals surface area contributed by atoms with Gasteiger partial charge < -0.3 is 27.8 Å². The molecule has 16 heteroatoms. The molecule has 0 N–H and O–H groups in total. The van der Waals surface area contributed by atoms with E-state index in [-0.39, 0.29) is 27.6 Å². The van der Waals surface area contributed by atoms with Crippen LogP contribution in [0.4, 0.5) is 4.39 Å². The molecule has 0 fully saturated rings. The second kappa shape index (κ2) is 18.3. The van der Waals surface area contributed by atoms with Crippen LogP contribution in [0.2, 0.25) is 15.1 Å². The van der Waals surface area contributed by atoms with E-state index >= 15 is 0 Å². The Hall–Kier alpha value is -5.50. The van der Waals surface area contributed by atoms with Gasteiger partial charge in [-0.1, -0.05) is 92.7 Å². The predicted octanol–water partition coefficient (Wildman–Crippen LogP) is 9.80. The number of aryl methyl sites for hydroxylation is 3. The molecule has 0 unspecified atom stereocenters. The highest BCUT2D eigenvalue weighted by Gasteiger charge is 2.27. The maximum absolute atomic E-state index is 13.8. The van der Waals surface area contributed by atoms with Gasteiger partial charge in [0.2, 0.25) is 0 Å². The third-order valence-electron chi connectivity index (χ3n) is 7.30. The van der Waals surface area contributed by atoms with Crippen molar-refractivity contribution in [1.82, 2.24) is 15.5 Å². The molecular weight excluding hydrogens is 756 g/mol. The van der Waals surface area contributed by atoms with Crippen molar-refractivity contribution in [1.29, 1.82) is 0 Å². The lowest BCUT2D eigenvalue weighted by Crippen LogP contribution is -2.06. The number of benzene rings is 3. The minimum atomic E-state index is -0.650. The van der Waals surface area contributed by atoms with Crippen LogP contribution in [0.25, 0.3) is 33.8 Å². The number of esters is 3. The summed E-state index contributed by atoms with van der Waals surface area (Å²) in [4.78, 5) is 35.1. The number of hydrogen-bond acceptors (Lipinski definition) is 12. The molecule has 0 amide bonds. The highest BCUT2D eigenvalue weighted by atomic mass is 35.5. The number of halogens is 4. The van der Waals surface area contributed by atoms with Crippen LogP contribution in [0.5, 0.6) is 0 Å². The van der Waals surface area contributed by atoms with Gasteiger partial charge in [0.05, 0.1) is 41.5 Å². The van der Waals surface area contributed by atoms with Crippen LogP contribution in [0.1, 0.15) is 55.3 Å². The molecule has 3 heterocycles. The first kappa shape index (κ1) is 40.3. The van der Waals surface area contributed by atoms with Gasteiger partial charge in [0.15, 0.2) is 0 Å². The second-order valence-corrected chi connectivity index (χ2v) is 11.9. The van der Waals surface area contributed by atoms with E-state index in [0.717, 1.165) is 0 Å². The Bertz CT molecular complexity index is 2230. The first-order chi connectivity index (χ1) is 25.4. The van der Waals surface area contributed by atoms with Gasteiger partial charge >= 0.3 is 17.9 Å². The third kappa shape index (κ3) is 9.12. The summed E-state index contributed by atoms with van der Waals surface area (Å²) in [5, 5.41) is 12.6. The lowest BCUT2D eigenvalue weighted by atomic mass is 10.1. The van der Waals surface area contributed by atoms with E-state index in [1.54, 1.807) is 51.1 Å². The molecule has 0 aliphatic heterocycles. The number of hydrogen-bond donors (Lipinski definition) is 0. The zero-order valence-electron chi connectivity index (χ0n) is 29.1. The highest BCUT2D eigenvalue weighted by Crippen LogP contribution is 2.34. The maximum atomic E-state index is 13.8. The summed E-state index contributed by atoms with van der Waals surface area (Å²) in [6.07, 6.45) is 0. The van der Waals surface area contributed by atoms with Crippen molar-refractivity contribution in [3.63, 3.8) is 0 Å². The zero-order valence-corrected chi connectivity index (χ0v) is 31.4. The topological polar surface area (TPSA) is 157 Å². The molecule has 0 atom stereocenters. The lowest BCUT2D eigenvalue weighted by molar-refractivity contribution is 0.0523. The summed E-state index contributed by atoms with van der Waals surface area (Å²) < 4.78 is 43.1. The Balaban J connectivity index is 0.000000178. The van der Waals surface area contributed by atoms with Gasteiger partial charge in [-0.05, 0) is 52.0 Å². The fourth-order valence-electron chi connectivity index (χ4n) is 4.81. The molecule has 0 bridgehead atoms. The quantitative estimate of drug-likeness (QED) is 0.112. The lowest BCUT2D eigenvalue weighted by Gasteiger charge is -2.04. The van der Waals surface area contributed by atoms with Crippen LogP contribution >= 0.6 is 34.8 Å². The SMILES string of the molecule is CCOC(=O)c1c(-c2ccccc2Cl)noc1C.COC(=O)c1c(-c2c(F)cccc2Cl)noc1C.COC(=O)c1c(-c2ccccc2Cl)noc1C. The van der Waals surface area contributed by atoms with Gasteiger partial charge in [0.25, 0.3) is 0 Å². The fraction of sp³-hybridized carbons (Fsp3) is 0.189. The molecule has 0 spiro atoms. The number of nitrogens with zero attached hydrogens (tertiary/aromatic N) is 3. The molecule has 0 radical (unpaired) electrons. The van der Waals surface area contributed by atoms with Gasteiger partial charge in [0.1, 0.15) is 56.9 Å². The van der Waals surface area contributed by atoms with Gasteiger partial charge in [-0.15, -0.1) is 0 Å². The normalized spacial score (nSPS) is 10.4. The monoisotopic (exact) mass is 785 g/mol. The molecule has 12 nitrogen and oxygen atoms in total. The molecule has 0 aliphatic rings. The van der Waals surface area contributed by atoms with Crippen molar-refractivity contribution in [2.24, 2.45) is 0 Å². The number of aromatic nitrogens is 3. The number of ether oxygens (including phenoxy) is 3. The van der Waals surface area contributed by atoms with E-state index in [0.29, 0.717) is 61.8 Å². The van der Waals surface area contributed by atoms with Crippen LogP contribution in [0.15, 0.2) is 80.3 Å². The Morgan fingerprint density at radius 1 is 0.604 bits per heavy atom. The summed E-state index contributed by atoms with van der Waals surface area (Å²) in [6.45, 7) is 6.90. The summed E-state index contributed by atoms with van der Waals surface area (Å²) in [6, 6.07) is 18.4. The van der Waals surface area contributed by atoms with Crippen molar-refractivity contribution >= 4 is 52.7 Å². The minimum absolute atomic E-state index is 0.0245. The van der Waals surface area contributed by atoms with E-state index < -0.39 is 23.7 Å². The molecule has 3 aromatic heterocycles. The number of carbonyl (C=O) groups is 3. The van der Waals surface area contributed by atoms with E-state index in [9.17, 15) is 18.8 Å².